The fourth-order valence-electron chi connectivity index (χ4n) is 3.21. The average molecular weight is 245 g/mol. The zero-order chi connectivity index (χ0) is 12.2. The van der Waals surface area contributed by atoms with E-state index in [1.54, 1.807) is 0 Å². The minimum Gasteiger partial charge on any atom is -0.367 e. The molecule has 3 heteroatoms. The molecule has 1 aliphatic carbocycles. The van der Waals surface area contributed by atoms with Crippen LogP contribution in [0.1, 0.15) is 56.6 Å². The molecule has 0 radical (unpaired) electrons. The second-order valence-corrected chi connectivity index (χ2v) is 5.57. The third kappa shape index (κ3) is 2.66. The lowest BCUT2D eigenvalue weighted by atomic mass is 9.95. The molecule has 0 spiro atoms. The highest BCUT2D eigenvalue weighted by molar-refractivity contribution is 5.46. The van der Waals surface area contributed by atoms with Gasteiger partial charge in [-0.3, -0.25) is 0 Å². The van der Waals surface area contributed by atoms with Crippen LogP contribution in [0.2, 0.25) is 0 Å². The maximum atomic E-state index is 4.57. The number of hydrogen-bond acceptors (Lipinski definition) is 3. The first-order valence-corrected chi connectivity index (χ1v) is 7.38. The van der Waals surface area contributed by atoms with Gasteiger partial charge in [0.15, 0.2) is 0 Å². The molecule has 1 aliphatic heterocycles. The number of aromatic nitrogens is 1. The summed E-state index contributed by atoms with van der Waals surface area (Å²) in [6.45, 7) is 1.14. The molecule has 1 unspecified atom stereocenters. The molecule has 0 aromatic carbocycles. The van der Waals surface area contributed by atoms with E-state index >= 15 is 0 Å². The number of anilines is 1. The number of pyridine rings is 1. The predicted octanol–water partition coefficient (Wildman–Crippen LogP) is 3.25. The summed E-state index contributed by atoms with van der Waals surface area (Å²) in [5, 5.41) is 7.25. The Morgan fingerprint density at radius 2 is 2.00 bits per heavy atom. The van der Waals surface area contributed by atoms with Gasteiger partial charge < -0.3 is 10.6 Å². The van der Waals surface area contributed by atoms with Crippen LogP contribution in [0.25, 0.3) is 0 Å². The van der Waals surface area contributed by atoms with Crippen LogP contribution in [0, 0.1) is 0 Å². The van der Waals surface area contributed by atoms with Gasteiger partial charge in [-0.1, -0.05) is 25.3 Å². The molecule has 0 amide bonds. The van der Waals surface area contributed by atoms with Gasteiger partial charge in [0.2, 0.25) is 0 Å². The SMILES string of the molecule is c1cnc(NC2CCCCC2)c(C2CCCN2)c1. The van der Waals surface area contributed by atoms with E-state index in [0.29, 0.717) is 12.1 Å². The van der Waals surface area contributed by atoms with Gasteiger partial charge in [0, 0.05) is 23.8 Å². The van der Waals surface area contributed by atoms with Crippen molar-refractivity contribution < 1.29 is 0 Å². The van der Waals surface area contributed by atoms with Crippen LogP contribution in [-0.4, -0.2) is 17.6 Å². The van der Waals surface area contributed by atoms with Crippen LogP contribution in [-0.2, 0) is 0 Å². The van der Waals surface area contributed by atoms with Gasteiger partial charge >= 0.3 is 0 Å². The molecule has 0 bridgehead atoms. The van der Waals surface area contributed by atoms with Crippen molar-refractivity contribution in [2.45, 2.75) is 57.0 Å². The van der Waals surface area contributed by atoms with Crippen LogP contribution in [0.4, 0.5) is 5.82 Å². The third-order valence-electron chi connectivity index (χ3n) is 4.22. The van der Waals surface area contributed by atoms with Crippen molar-refractivity contribution in [2.24, 2.45) is 0 Å². The molecule has 18 heavy (non-hydrogen) atoms. The molecule has 1 atom stereocenters. The van der Waals surface area contributed by atoms with Gasteiger partial charge in [-0.15, -0.1) is 0 Å². The lowest BCUT2D eigenvalue weighted by molar-refractivity contribution is 0.461. The first kappa shape index (κ1) is 12.0. The molecule has 2 aliphatic rings. The van der Waals surface area contributed by atoms with Gasteiger partial charge in [-0.05, 0) is 38.3 Å². The highest BCUT2D eigenvalue weighted by Crippen LogP contribution is 2.29. The zero-order valence-electron chi connectivity index (χ0n) is 11.0. The molecule has 3 nitrogen and oxygen atoms in total. The van der Waals surface area contributed by atoms with Crippen LogP contribution in [0.3, 0.4) is 0 Å². The van der Waals surface area contributed by atoms with E-state index in [1.807, 2.05) is 6.20 Å². The van der Waals surface area contributed by atoms with E-state index in [2.05, 4.69) is 27.8 Å². The van der Waals surface area contributed by atoms with Gasteiger partial charge in [-0.25, -0.2) is 4.98 Å². The Bertz CT molecular complexity index is 379. The largest absolute Gasteiger partial charge is 0.367 e. The minimum atomic E-state index is 0.504. The topological polar surface area (TPSA) is 37.0 Å². The van der Waals surface area contributed by atoms with Gasteiger partial charge in [0.25, 0.3) is 0 Å². The van der Waals surface area contributed by atoms with Gasteiger partial charge in [-0.2, -0.15) is 0 Å². The maximum Gasteiger partial charge on any atom is 0.130 e. The fourth-order valence-corrected chi connectivity index (χ4v) is 3.21. The van der Waals surface area contributed by atoms with Gasteiger partial charge in [0.1, 0.15) is 5.82 Å². The second-order valence-electron chi connectivity index (χ2n) is 5.57. The molecule has 2 fully saturated rings. The highest BCUT2D eigenvalue weighted by atomic mass is 15.0. The monoisotopic (exact) mass is 245 g/mol. The lowest BCUT2D eigenvalue weighted by Gasteiger charge is -2.25. The molecule has 1 saturated heterocycles. The van der Waals surface area contributed by atoms with E-state index in [-0.39, 0.29) is 0 Å². The Morgan fingerprint density at radius 3 is 2.78 bits per heavy atom. The first-order chi connectivity index (χ1) is 8.93. The number of nitrogens with zero attached hydrogens (tertiary/aromatic N) is 1. The molecular weight excluding hydrogens is 222 g/mol. The van der Waals surface area contributed by atoms with Crippen molar-refractivity contribution in [1.29, 1.82) is 0 Å². The van der Waals surface area contributed by atoms with Crippen LogP contribution >= 0.6 is 0 Å². The summed E-state index contributed by atoms with van der Waals surface area (Å²) in [5.41, 5.74) is 1.36. The summed E-state index contributed by atoms with van der Waals surface area (Å²) < 4.78 is 0. The molecule has 98 valence electrons. The number of hydrogen-bond donors (Lipinski definition) is 2. The van der Waals surface area contributed by atoms with E-state index in [0.717, 1.165) is 12.4 Å². The van der Waals surface area contributed by atoms with E-state index in [4.69, 9.17) is 0 Å². The molecule has 2 N–H and O–H groups in total. The van der Waals surface area contributed by atoms with E-state index in [1.165, 1.54) is 50.5 Å². The summed E-state index contributed by atoms with van der Waals surface area (Å²) >= 11 is 0. The fraction of sp³-hybridized carbons (Fsp3) is 0.667. The maximum absolute atomic E-state index is 4.57. The Labute approximate surface area is 109 Å². The molecule has 2 heterocycles. The summed E-state index contributed by atoms with van der Waals surface area (Å²) in [6.07, 6.45) is 11.2. The van der Waals surface area contributed by atoms with Crippen molar-refractivity contribution in [3.05, 3.63) is 23.9 Å². The van der Waals surface area contributed by atoms with Crippen molar-refractivity contribution in [2.75, 3.05) is 11.9 Å². The molecule has 1 aromatic heterocycles. The Morgan fingerprint density at radius 1 is 1.11 bits per heavy atom. The average Bonchev–Trinajstić information content (AvgIpc) is 2.94. The molecular formula is C15H23N3. The quantitative estimate of drug-likeness (QED) is 0.858. The van der Waals surface area contributed by atoms with Crippen LogP contribution < -0.4 is 10.6 Å². The van der Waals surface area contributed by atoms with E-state index < -0.39 is 0 Å². The minimum absolute atomic E-state index is 0.504. The Kier molecular flexibility index (Phi) is 3.79. The van der Waals surface area contributed by atoms with Crippen molar-refractivity contribution in [3.63, 3.8) is 0 Å². The predicted molar refractivity (Wildman–Crippen MR) is 74.7 cm³/mol. The molecule has 3 rings (SSSR count). The standard InChI is InChI=1S/C15H23N3/c1-2-6-12(7-3-1)18-15-13(8-4-11-17-15)14-9-5-10-16-14/h4,8,11-12,14,16H,1-3,5-7,9-10H2,(H,17,18). The smallest absolute Gasteiger partial charge is 0.130 e. The summed E-state index contributed by atoms with van der Waals surface area (Å²) in [6, 6.07) is 5.42. The number of rotatable bonds is 3. The van der Waals surface area contributed by atoms with Crippen molar-refractivity contribution in [3.8, 4) is 0 Å². The van der Waals surface area contributed by atoms with Crippen molar-refractivity contribution in [1.82, 2.24) is 10.3 Å². The van der Waals surface area contributed by atoms with E-state index in [9.17, 15) is 0 Å². The zero-order valence-corrected chi connectivity index (χ0v) is 11.0. The summed E-state index contributed by atoms with van der Waals surface area (Å²) in [7, 11) is 0. The Balaban J connectivity index is 1.73. The summed E-state index contributed by atoms with van der Waals surface area (Å²) in [5.74, 6) is 1.11. The molecule has 1 aromatic rings. The lowest BCUT2D eigenvalue weighted by Crippen LogP contribution is -2.25. The first-order valence-electron chi connectivity index (χ1n) is 7.38. The van der Waals surface area contributed by atoms with Gasteiger partial charge in [0.05, 0.1) is 0 Å². The normalized spacial score (nSPS) is 25.2. The second kappa shape index (κ2) is 5.70. The van der Waals surface area contributed by atoms with Crippen LogP contribution in [0.15, 0.2) is 18.3 Å². The van der Waals surface area contributed by atoms with Crippen molar-refractivity contribution >= 4 is 5.82 Å². The Hall–Kier alpha value is -1.09. The van der Waals surface area contributed by atoms with Crippen LogP contribution in [0.5, 0.6) is 0 Å². The number of nitrogens with one attached hydrogen (secondary N) is 2. The highest BCUT2D eigenvalue weighted by Gasteiger charge is 2.21. The molecule has 1 saturated carbocycles. The summed E-state index contributed by atoms with van der Waals surface area (Å²) in [4.78, 5) is 4.57. The third-order valence-corrected chi connectivity index (χ3v) is 4.22.